The Morgan fingerprint density at radius 2 is 1.81 bits per heavy atom. The minimum absolute atomic E-state index is 0.0935. The maximum Gasteiger partial charge on any atom is 0.350 e. The number of benzene rings is 2. The quantitative estimate of drug-likeness (QED) is 0.195. The summed E-state index contributed by atoms with van der Waals surface area (Å²) in [5.41, 5.74) is 1.64. The number of carbonyl (C=O) groups excluding carboxylic acids is 3. The first-order chi connectivity index (χ1) is 17.1. The summed E-state index contributed by atoms with van der Waals surface area (Å²) >= 11 is 13.3. The number of aryl methyl sites for hydroxylation is 2. The van der Waals surface area contributed by atoms with Gasteiger partial charge in [0.15, 0.2) is 5.13 Å². The van der Waals surface area contributed by atoms with Crippen LogP contribution in [0.2, 0.25) is 10.0 Å². The molecule has 2 aromatic carbocycles. The molecule has 1 atom stereocenters. The number of esters is 1. The predicted octanol–water partition coefficient (Wildman–Crippen LogP) is 5.49. The zero-order chi connectivity index (χ0) is 26.3. The number of methoxy groups -OCH3 is 2. The summed E-state index contributed by atoms with van der Waals surface area (Å²) in [5, 5.41) is 11.9. The average Bonchev–Trinajstić information content (AvgIpc) is 3.36. The lowest BCUT2D eigenvalue weighted by molar-refractivity contribution is -0.132. The molecule has 2 heterocycles. The number of Topliss-reactive ketones (excluding diaryl/α,β-unsaturated/α-hetero) is 1. The zero-order valence-corrected chi connectivity index (χ0v) is 21.9. The number of thiazole rings is 1. The van der Waals surface area contributed by atoms with Crippen LogP contribution in [0, 0.1) is 13.8 Å². The van der Waals surface area contributed by atoms with E-state index < -0.39 is 23.7 Å². The number of ketones is 1. The summed E-state index contributed by atoms with van der Waals surface area (Å²) in [7, 11) is 2.76. The second kappa shape index (κ2) is 9.93. The highest BCUT2D eigenvalue weighted by atomic mass is 35.5. The molecular formula is C25H20Cl2N2O6S. The van der Waals surface area contributed by atoms with Gasteiger partial charge in [0.25, 0.3) is 5.78 Å². The third-order valence-electron chi connectivity index (χ3n) is 5.73. The van der Waals surface area contributed by atoms with Crippen molar-refractivity contribution >= 4 is 63.1 Å². The van der Waals surface area contributed by atoms with Crippen LogP contribution in [0.1, 0.15) is 38.1 Å². The van der Waals surface area contributed by atoms with E-state index in [2.05, 4.69) is 4.98 Å². The molecule has 1 N–H and O–H groups in total. The van der Waals surface area contributed by atoms with E-state index in [1.807, 2.05) is 0 Å². The Labute approximate surface area is 220 Å². The van der Waals surface area contributed by atoms with Crippen LogP contribution in [0.5, 0.6) is 5.75 Å². The number of ether oxygens (including phenoxy) is 2. The van der Waals surface area contributed by atoms with Crippen LogP contribution in [-0.2, 0) is 14.3 Å². The summed E-state index contributed by atoms with van der Waals surface area (Å²) < 4.78 is 10.1. The smallest absolute Gasteiger partial charge is 0.350 e. The SMILES string of the molecule is COC(=O)c1sc(N2C(=O)C(=O)C(=C(O)c3ccc(OC)c(C)c3)C2c2ccc(Cl)c(Cl)c2)nc1C. The topological polar surface area (TPSA) is 106 Å². The molecule has 1 amide bonds. The molecule has 3 aromatic rings. The van der Waals surface area contributed by atoms with Crippen molar-refractivity contribution in [1.29, 1.82) is 0 Å². The normalized spacial score (nSPS) is 16.9. The van der Waals surface area contributed by atoms with Gasteiger partial charge in [-0.15, -0.1) is 0 Å². The number of hydrogen-bond donors (Lipinski definition) is 1. The van der Waals surface area contributed by atoms with Crippen molar-refractivity contribution in [3.05, 3.63) is 79.3 Å². The number of aromatic nitrogens is 1. The average molecular weight is 547 g/mol. The van der Waals surface area contributed by atoms with Crippen molar-refractivity contribution in [2.24, 2.45) is 0 Å². The van der Waals surface area contributed by atoms with E-state index in [4.69, 9.17) is 32.7 Å². The lowest BCUT2D eigenvalue weighted by Gasteiger charge is -2.23. The predicted molar refractivity (Wildman–Crippen MR) is 137 cm³/mol. The minimum Gasteiger partial charge on any atom is -0.507 e. The van der Waals surface area contributed by atoms with Gasteiger partial charge in [-0.05, 0) is 55.3 Å². The first kappa shape index (κ1) is 25.7. The van der Waals surface area contributed by atoms with Gasteiger partial charge in [0.2, 0.25) is 0 Å². The van der Waals surface area contributed by atoms with E-state index in [0.717, 1.165) is 21.8 Å². The third-order valence-corrected chi connectivity index (χ3v) is 7.61. The lowest BCUT2D eigenvalue weighted by atomic mass is 9.95. The number of aliphatic hydroxyl groups is 1. The first-order valence-electron chi connectivity index (χ1n) is 10.6. The van der Waals surface area contributed by atoms with Gasteiger partial charge in [0.1, 0.15) is 16.4 Å². The number of rotatable bonds is 5. The molecule has 1 fully saturated rings. The number of carbonyl (C=O) groups is 3. The van der Waals surface area contributed by atoms with Gasteiger partial charge < -0.3 is 14.6 Å². The summed E-state index contributed by atoms with van der Waals surface area (Å²) in [6, 6.07) is 8.46. The first-order valence-corrected chi connectivity index (χ1v) is 12.1. The number of hydrogen-bond acceptors (Lipinski definition) is 8. The van der Waals surface area contributed by atoms with Crippen molar-refractivity contribution in [3.8, 4) is 5.75 Å². The minimum atomic E-state index is -1.08. The van der Waals surface area contributed by atoms with Gasteiger partial charge in [0, 0.05) is 5.56 Å². The molecule has 1 saturated heterocycles. The summed E-state index contributed by atoms with van der Waals surface area (Å²) in [6.45, 7) is 3.38. The van der Waals surface area contributed by atoms with Crippen molar-refractivity contribution in [1.82, 2.24) is 4.98 Å². The molecule has 1 aliphatic heterocycles. The zero-order valence-electron chi connectivity index (χ0n) is 19.6. The van der Waals surface area contributed by atoms with Gasteiger partial charge in [-0.25, -0.2) is 9.78 Å². The molecule has 0 saturated carbocycles. The van der Waals surface area contributed by atoms with Gasteiger partial charge in [-0.3, -0.25) is 14.5 Å². The van der Waals surface area contributed by atoms with Crippen molar-refractivity contribution in [2.45, 2.75) is 19.9 Å². The van der Waals surface area contributed by atoms with Crippen LogP contribution >= 0.6 is 34.5 Å². The van der Waals surface area contributed by atoms with Crippen molar-refractivity contribution < 1.29 is 29.0 Å². The Hall–Kier alpha value is -3.40. The fraction of sp³-hybridized carbons (Fsp3) is 0.200. The summed E-state index contributed by atoms with van der Waals surface area (Å²) in [4.78, 5) is 44.5. The van der Waals surface area contributed by atoms with Crippen LogP contribution in [0.3, 0.4) is 0 Å². The molecule has 36 heavy (non-hydrogen) atoms. The second-order valence-corrected chi connectivity index (χ2v) is 9.72. The molecule has 1 unspecified atom stereocenters. The van der Waals surface area contributed by atoms with E-state index in [-0.39, 0.29) is 31.4 Å². The lowest BCUT2D eigenvalue weighted by Crippen LogP contribution is -2.29. The molecule has 0 bridgehead atoms. The fourth-order valence-electron chi connectivity index (χ4n) is 3.98. The molecule has 4 rings (SSSR count). The molecule has 0 spiro atoms. The molecular weight excluding hydrogens is 527 g/mol. The molecule has 1 aromatic heterocycles. The number of aliphatic hydroxyl groups excluding tert-OH is 1. The second-order valence-electron chi connectivity index (χ2n) is 7.93. The molecule has 0 radical (unpaired) electrons. The maximum absolute atomic E-state index is 13.3. The van der Waals surface area contributed by atoms with Crippen LogP contribution in [0.15, 0.2) is 42.0 Å². The third kappa shape index (κ3) is 4.34. The number of halogens is 2. The summed E-state index contributed by atoms with van der Waals surface area (Å²) in [5.74, 6) is -2.22. The van der Waals surface area contributed by atoms with Gasteiger partial charge in [-0.1, -0.05) is 40.6 Å². The standard InChI is InChI=1S/C25H20Cl2N2O6S/c1-11-9-14(6-8-17(11)34-3)20(30)18-19(13-5-7-15(26)16(27)10-13)29(23(32)21(18)31)25-28-12(2)22(36-25)24(33)35-4/h5-10,19,30H,1-4H3. The van der Waals surface area contributed by atoms with Gasteiger partial charge in [0.05, 0.1) is 41.6 Å². The Bertz CT molecular complexity index is 1450. The Balaban J connectivity index is 1.96. The monoisotopic (exact) mass is 546 g/mol. The molecule has 8 nitrogen and oxygen atoms in total. The van der Waals surface area contributed by atoms with E-state index in [1.165, 1.54) is 26.4 Å². The van der Waals surface area contributed by atoms with E-state index >= 15 is 0 Å². The van der Waals surface area contributed by atoms with Crippen LogP contribution in [0.4, 0.5) is 5.13 Å². The van der Waals surface area contributed by atoms with E-state index in [9.17, 15) is 19.5 Å². The maximum atomic E-state index is 13.3. The highest BCUT2D eigenvalue weighted by Gasteiger charge is 2.48. The van der Waals surface area contributed by atoms with Gasteiger partial charge >= 0.3 is 11.9 Å². The number of amides is 1. The van der Waals surface area contributed by atoms with Crippen LogP contribution < -0.4 is 9.64 Å². The van der Waals surface area contributed by atoms with Crippen molar-refractivity contribution in [2.75, 3.05) is 19.1 Å². The Morgan fingerprint density at radius 1 is 1.08 bits per heavy atom. The Kier molecular flexibility index (Phi) is 7.08. The highest BCUT2D eigenvalue weighted by Crippen LogP contribution is 2.45. The van der Waals surface area contributed by atoms with E-state index in [1.54, 1.807) is 38.1 Å². The highest BCUT2D eigenvalue weighted by molar-refractivity contribution is 7.17. The largest absolute Gasteiger partial charge is 0.507 e. The van der Waals surface area contributed by atoms with Crippen LogP contribution in [-0.4, -0.2) is 42.0 Å². The molecule has 186 valence electrons. The summed E-state index contributed by atoms with van der Waals surface area (Å²) in [6.07, 6.45) is 0. The van der Waals surface area contributed by atoms with Crippen molar-refractivity contribution in [3.63, 3.8) is 0 Å². The molecule has 11 heteroatoms. The number of nitrogens with zero attached hydrogens (tertiary/aromatic N) is 2. The number of anilines is 1. The van der Waals surface area contributed by atoms with Crippen LogP contribution in [0.25, 0.3) is 5.76 Å². The fourth-order valence-corrected chi connectivity index (χ4v) is 5.29. The Morgan fingerprint density at radius 3 is 2.42 bits per heavy atom. The molecule has 1 aliphatic rings. The molecule has 0 aliphatic carbocycles. The van der Waals surface area contributed by atoms with E-state index in [0.29, 0.717) is 22.6 Å². The van der Waals surface area contributed by atoms with Gasteiger partial charge in [-0.2, -0.15) is 0 Å².